The molecule has 0 amide bonds. The molecule has 0 unspecified atom stereocenters. The molecule has 0 spiro atoms. The summed E-state index contributed by atoms with van der Waals surface area (Å²) >= 11 is 0. The second kappa shape index (κ2) is 5.50. The van der Waals surface area contributed by atoms with E-state index >= 15 is 0 Å². The number of likely N-dealkylation sites (N-methyl/N-ethyl adjacent to an activating group) is 1. The summed E-state index contributed by atoms with van der Waals surface area (Å²) < 4.78 is 0. The fourth-order valence-corrected chi connectivity index (χ4v) is 1.63. The van der Waals surface area contributed by atoms with Crippen LogP contribution in [0.1, 0.15) is 0 Å². The summed E-state index contributed by atoms with van der Waals surface area (Å²) in [6.45, 7) is 2.35. The second-order valence-corrected chi connectivity index (χ2v) is 3.29. The van der Waals surface area contributed by atoms with Gasteiger partial charge < -0.3 is 9.80 Å². The van der Waals surface area contributed by atoms with Gasteiger partial charge in [-0.1, -0.05) is 5.11 Å². The summed E-state index contributed by atoms with van der Waals surface area (Å²) in [5.74, 6) is 0.623. The highest BCUT2D eigenvalue weighted by Crippen LogP contribution is 2.19. The van der Waals surface area contributed by atoms with Crippen LogP contribution in [0.5, 0.6) is 0 Å². The van der Waals surface area contributed by atoms with Gasteiger partial charge in [0, 0.05) is 38.1 Å². The van der Waals surface area contributed by atoms with Crippen molar-refractivity contribution in [3.63, 3.8) is 0 Å². The minimum absolute atomic E-state index is 0.0981. The lowest BCUT2D eigenvalue weighted by Gasteiger charge is -2.21. The molecule has 16 heavy (non-hydrogen) atoms. The van der Waals surface area contributed by atoms with Crippen LogP contribution in [0, 0.1) is 22.7 Å². The summed E-state index contributed by atoms with van der Waals surface area (Å²) in [7, 11) is 1.83. The molecule has 1 saturated heterocycles. The van der Waals surface area contributed by atoms with E-state index in [1.807, 2.05) is 29.0 Å². The van der Waals surface area contributed by atoms with Crippen molar-refractivity contribution in [3.05, 3.63) is 21.8 Å². The zero-order valence-electron chi connectivity index (χ0n) is 8.96. The summed E-state index contributed by atoms with van der Waals surface area (Å²) in [5, 5.41) is 21.1. The molecule has 1 aliphatic rings. The molecule has 0 radical (unpaired) electrons. The van der Waals surface area contributed by atoms with Crippen LogP contribution in [-0.4, -0.2) is 43.0 Å². The first-order valence-electron chi connectivity index (χ1n) is 4.76. The molecule has 82 valence electrons. The molecule has 1 aliphatic heterocycles. The van der Waals surface area contributed by atoms with Crippen LogP contribution < -0.4 is 0 Å². The monoisotopic (exact) mass is 217 g/mol. The number of nitrogens with zero attached hydrogens (tertiary/aromatic N) is 7. The Balaban J connectivity index is 2.87. The van der Waals surface area contributed by atoms with Gasteiger partial charge in [-0.3, -0.25) is 0 Å². The lowest BCUT2D eigenvalue weighted by molar-refractivity contribution is 0.370. The van der Waals surface area contributed by atoms with E-state index in [2.05, 4.69) is 10.0 Å². The summed E-state index contributed by atoms with van der Waals surface area (Å²) in [5.41, 5.74) is 8.27. The first-order valence-corrected chi connectivity index (χ1v) is 4.76. The molecule has 0 N–H and O–H groups in total. The van der Waals surface area contributed by atoms with E-state index in [1.54, 1.807) is 0 Å². The third-order valence-electron chi connectivity index (χ3n) is 2.35. The highest BCUT2D eigenvalue weighted by molar-refractivity contribution is 5.39. The van der Waals surface area contributed by atoms with Gasteiger partial charge in [0.25, 0.3) is 0 Å². The zero-order chi connectivity index (χ0) is 12.0. The van der Waals surface area contributed by atoms with Crippen molar-refractivity contribution in [1.82, 2.24) is 9.80 Å². The first kappa shape index (κ1) is 11.7. The predicted molar refractivity (Wildman–Crippen MR) is 56.5 cm³/mol. The number of rotatable bonds is 3. The molecule has 0 aromatic carbocycles. The Kier molecular flexibility index (Phi) is 4.02. The Morgan fingerprint density at radius 3 is 2.75 bits per heavy atom. The average molecular weight is 217 g/mol. The lowest BCUT2D eigenvalue weighted by atomic mass is 10.3. The molecule has 1 heterocycles. The summed E-state index contributed by atoms with van der Waals surface area (Å²) in [6, 6.07) is 3.75. The molecule has 0 atom stereocenters. The Hall–Kier alpha value is -2.37. The van der Waals surface area contributed by atoms with E-state index in [9.17, 15) is 0 Å². The minimum atomic E-state index is 0.0981. The normalized spacial score (nSPS) is 14.1. The van der Waals surface area contributed by atoms with E-state index in [-0.39, 0.29) is 5.57 Å². The zero-order valence-corrected chi connectivity index (χ0v) is 8.96. The largest absolute Gasteiger partial charge is 0.358 e. The van der Waals surface area contributed by atoms with Crippen molar-refractivity contribution in [2.45, 2.75) is 0 Å². The van der Waals surface area contributed by atoms with Crippen LogP contribution in [0.15, 0.2) is 16.5 Å². The Morgan fingerprint density at radius 1 is 1.50 bits per heavy atom. The van der Waals surface area contributed by atoms with E-state index in [0.717, 1.165) is 13.1 Å². The molecule has 1 fully saturated rings. The van der Waals surface area contributed by atoms with Crippen molar-refractivity contribution < 1.29 is 0 Å². The van der Waals surface area contributed by atoms with E-state index in [1.165, 1.54) is 0 Å². The molecule has 7 heteroatoms. The van der Waals surface area contributed by atoms with Crippen LogP contribution in [0.2, 0.25) is 0 Å². The summed E-state index contributed by atoms with van der Waals surface area (Å²) in [6.07, 6.45) is 0. The van der Waals surface area contributed by atoms with Gasteiger partial charge in [0.15, 0.2) is 5.57 Å². The molecule has 7 nitrogen and oxygen atoms in total. The van der Waals surface area contributed by atoms with Gasteiger partial charge in [-0.15, -0.1) is 0 Å². The van der Waals surface area contributed by atoms with Crippen LogP contribution in [-0.2, 0) is 0 Å². The van der Waals surface area contributed by atoms with Crippen molar-refractivity contribution >= 4 is 0 Å². The van der Waals surface area contributed by atoms with Crippen molar-refractivity contribution in [1.29, 1.82) is 10.5 Å². The molecular formula is C9H11N7. The molecule has 0 saturated carbocycles. The van der Waals surface area contributed by atoms with Crippen LogP contribution >= 0.6 is 0 Å². The van der Waals surface area contributed by atoms with Gasteiger partial charge >= 0.3 is 0 Å². The Morgan fingerprint density at radius 2 is 2.19 bits per heavy atom. The molecule has 0 aliphatic carbocycles. The van der Waals surface area contributed by atoms with Gasteiger partial charge in [0.05, 0.1) is 0 Å². The minimum Gasteiger partial charge on any atom is -0.358 e. The second-order valence-electron chi connectivity index (χ2n) is 3.29. The molecule has 0 aromatic rings. The molecular weight excluding hydrogens is 206 g/mol. The van der Waals surface area contributed by atoms with Crippen LogP contribution in [0.25, 0.3) is 10.4 Å². The maximum absolute atomic E-state index is 8.83. The maximum atomic E-state index is 8.83. The van der Waals surface area contributed by atoms with Crippen molar-refractivity contribution in [2.24, 2.45) is 5.11 Å². The van der Waals surface area contributed by atoms with E-state index in [0.29, 0.717) is 18.9 Å². The van der Waals surface area contributed by atoms with Gasteiger partial charge in [0.1, 0.15) is 18.0 Å². The standard InChI is InChI=1S/C9H11N7/c1-15-4-5-16(3-2-13-14-12)9(15)8(6-10)7-11/h2-5H2,1H3. The molecule has 0 bridgehead atoms. The van der Waals surface area contributed by atoms with Gasteiger partial charge in [-0.25, -0.2) is 0 Å². The first-order chi connectivity index (χ1) is 7.74. The van der Waals surface area contributed by atoms with Crippen LogP contribution in [0.3, 0.4) is 0 Å². The summed E-state index contributed by atoms with van der Waals surface area (Å²) in [4.78, 5) is 6.41. The van der Waals surface area contributed by atoms with Gasteiger partial charge in [0.2, 0.25) is 0 Å². The number of allylic oxidation sites excluding steroid dienone is 1. The third kappa shape index (κ3) is 2.35. The van der Waals surface area contributed by atoms with Crippen molar-refractivity contribution in [2.75, 3.05) is 33.2 Å². The molecule has 1 rings (SSSR count). The van der Waals surface area contributed by atoms with Crippen LogP contribution in [0.4, 0.5) is 0 Å². The van der Waals surface area contributed by atoms with E-state index < -0.39 is 0 Å². The van der Waals surface area contributed by atoms with Gasteiger partial charge in [-0.05, 0) is 5.53 Å². The Labute approximate surface area is 93.4 Å². The highest BCUT2D eigenvalue weighted by atomic mass is 15.4. The quantitative estimate of drug-likeness (QED) is 0.302. The fraction of sp³-hybridized carbons (Fsp3) is 0.556. The SMILES string of the molecule is CN1CCN(CCN=[N+]=[N-])C1=C(C#N)C#N. The van der Waals surface area contributed by atoms with Crippen molar-refractivity contribution in [3.8, 4) is 12.1 Å². The topological polar surface area (TPSA) is 103 Å². The average Bonchev–Trinajstić information content (AvgIpc) is 2.64. The smallest absolute Gasteiger partial charge is 0.169 e. The van der Waals surface area contributed by atoms with E-state index in [4.69, 9.17) is 16.1 Å². The maximum Gasteiger partial charge on any atom is 0.169 e. The van der Waals surface area contributed by atoms with Gasteiger partial charge in [-0.2, -0.15) is 10.5 Å². The molecule has 0 aromatic heterocycles. The number of hydrogen-bond donors (Lipinski definition) is 0. The number of nitriles is 2. The Bertz CT molecular complexity index is 402. The number of azide groups is 1. The number of hydrogen-bond acceptors (Lipinski definition) is 5. The predicted octanol–water partition coefficient (Wildman–Crippen LogP) is 0.803. The highest BCUT2D eigenvalue weighted by Gasteiger charge is 2.24. The third-order valence-corrected chi connectivity index (χ3v) is 2.35. The fourth-order valence-electron chi connectivity index (χ4n) is 1.63. The lowest BCUT2D eigenvalue weighted by Crippen LogP contribution is -2.25.